The van der Waals surface area contributed by atoms with Crippen molar-refractivity contribution < 1.29 is 0 Å². The third-order valence-corrected chi connectivity index (χ3v) is 11.4. The van der Waals surface area contributed by atoms with E-state index in [2.05, 4.69) is 193 Å². The summed E-state index contributed by atoms with van der Waals surface area (Å²) in [6.45, 7) is 21.4. The summed E-state index contributed by atoms with van der Waals surface area (Å²) in [5.74, 6) is 0. The van der Waals surface area contributed by atoms with Crippen molar-refractivity contribution in [3.8, 4) is 16.8 Å². The molecular weight excluding hydrogens is 615 g/mol. The Morgan fingerprint density at radius 1 is 0.471 bits per heavy atom. The molecule has 9 rings (SSSR count). The number of hydrogen-bond donors (Lipinski definition) is 0. The molecule has 6 aromatic carbocycles. The zero-order valence-electron chi connectivity index (χ0n) is 31.5. The first-order valence-corrected chi connectivity index (χ1v) is 18.6. The van der Waals surface area contributed by atoms with Gasteiger partial charge in [0.15, 0.2) is 0 Å². The van der Waals surface area contributed by atoms with Crippen LogP contribution in [0.4, 0.5) is 17.1 Å². The third-order valence-electron chi connectivity index (χ3n) is 11.4. The Bertz CT molecular complexity index is 2490. The zero-order valence-corrected chi connectivity index (χ0v) is 31.5. The van der Waals surface area contributed by atoms with Gasteiger partial charge in [-0.15, -0.1) is 0 Å². The minimum Gasteiger partial charge on any atom is -0.311 e. The van der Waals surface area contributed by atoms with Gasteiger partial charge < -0.3 is 9.47 Å². The molecule has 0 aliphatic carbocycles. The molecule has 51 heavy (non-hydrogen) atoms. The zero-order chi connectivity index (χ0) is 35.6. The van der Waals surface area contributed by atoms with Gasteiger partial charge in [-0.2, -0.15) is 0 Å². The summed E-state index contributed by atoms with van der Waals surface area (Å²) in [7, 11) is 0. The van der Waals surface area contributed by atoms with Crippen molar-refractivity contribution in [2.24, 2.45) is 0 Å². The lowest BCUT2D eigenvalue weighted by Gasteiger charge is -2.41. The van der Waals surface area contributed by atoms with Crippen LogP contribution in [0.3, 0.4) is 0 Å². The van der Waals surface area contributed by atoms with Crippen molar-refractivity contribution >= 4 is 62.0 Å². The molecule has 0 N–H and O–H groups in total. The summed E-state index contributed by atoms with van der Waals surface area (Å²) in [5, 5.41) is 2.57. The first-order chi connectivity index (χ1) is 24.2. The fraction of sp³-hybridized carbons (Fsp3) is 0.250. The predicted molar refractivity (Wildman–Crippen MR) is 222 cm³/mol. The second-order valence-electron chi connectivity index (χ2n) is 17.8. The molecule has 3 heterocycles. The van der Waals surface area contributed by atoms with Gasteiger partial charge in [0.2, 0.25) is 6.71 Å². The fourth-order valence-corrected chi connectivity index (χ4v) is 9.19. The molecule has 7 aromatic rings. The first-order valence-electron chi connectivity index (χ1n) is 18.6. The van der Waals surface area contributed by atoms with Crippen LogP contribution < -0.4 is 21.3 Å². The number of hydrogen-bond acceptors (Lipinski definition) is 1. The lowest BCUT2D eigenvalue weighted by molar-refractivity contribution is 0.587. The standard InChI is InChI=1S/C48H47BN2/c1-46(2,3)34-20-12-15-27-41(34)51-42-29-30(50-39-25-13-10-18-31(39)32-19-11-14-26-40(32)50)28-33-43-35(47(4,5)6)21-16-23-37(43)49(44(33)42)38-24-17-22-36(45(38)51)48(7,8)9/h10-29H,1-9H3. The summed E-state index contributed by atoms with van der Waals surface area (Å²) in [6, 6.07) is 46.1. The minimum absolute atomic E-state index is 0.0246. The Balaban J connectivity index is 1.49. The van der Waals surface area contributed by atoms with E-state index in [4.69, 9.17) is 0 Å². The molecule has 0 unspecified atom stereocenters. The molecule has 0 saturated carbocycles. The topological polar surface area (TPSA) is 8.17 Å². The molecule has 2 aliphatic heterocycles. The second kappa shape index (κ2) is 10.7. The molecule has 0 bridgehead atoms. The summed E-state index contributed by atoms with van der Waals surface area (Å²) < 4.78 is 2.51. The van der Waals surface area contributed by atoms with Gasteiger partial charge >= 0.3 is 0 Å². The Labute approximate surface area is 303 Å². The molecule has 1 aromatic heterocycles. The molecule has 0 atom stereocenters. The average molecular weight is 663 g/mol. The van der Waals surface area contributed by atoms with Gasteiger partial charge in [0.05, 0.1) is 11.0 Å². The van der Waals surface area contributed by atoms with Crippen LogP contribution in [0.2, 0.25) is 0 Å². The van der Waals surface area contributed by atoms with Gasteiger partial charge in [-0.25, -0.2) is 0 Å². The highest BCUT2D eigenvalue weighted by molar-refractivity contribution is 7.01. The fourth-order valence-electron chi connectivity index (χ4n) is 9.19. The largest absolute Gasteiger partial charge is 0.311 e. The van der Waals surface area contributed by atoms with Crippen LogP contribution in [-0.4, -0.2) is 11.3 Å². The number of rotatable bonds is 2. The highest BCUT2D eigenvalue weighted by atomic mass is 15.2. The van der Waals surface area contributed by atoms with Crippen molar-refractivity contribution in [3.05, 3.63) is 138 Å². The molecule has 2 aliphatic rings. The van der Waals surface area contributed by atoms with Gasteiger partial charge in [-0.3, -0.25) is 0 Å². The van der Waals surface area contributed by atoms with Crippen LogP contribution in [0, 0.1) is 0 Å². The maximum Gasteiger partial charge on any atom is 0.248 e. The maximum absolute atomic E-state index is 2.66. The first kappa shape index (κ1) is 31.9. The van der Waals surface area contributed by atoms with Gasteiger partial charge in [0.25, 0.3) is 0 Å². The Morgan fingerprint density at radius 2 is 1.00 bits per heavy atom. The smallest absolute Gasteiger partial charge is 0.248 e. The summed E-state index contributed by atoms with van der Waals surface area (Å²) in [5.41, 5.74) is 18.5. The SMILES string of the molecule is CC(C)(C)c1ccccc1N1c2cc(-n3c4ccccc4c4ccccc43)cc3c2B(c2cccc(C(C)(C)C)c2-3)c2cccc(C(C)(C)C)c21. The minimum atomic E-state index is -0.0697. The van der Waals surface area contributed by atoms with Crippen LogP contribution in [-0.2, 0) is 16.2 Å². The molecule has 252 valence electrons. The van der Waals surface area contributed by atoms with E-state index < -0.39 is 0 Å². The van der Waals surface area contributed by atoms with E-state index in [1.165, 1.54) is 88.8 Å². The lowest BCUT2D eigenvalue weighted by atomic mass is 9.36. The van der Waals surface area contributed by atoms with Crippen molar-refractivity contribution in [1.82, 2.24) is 4.57 Å². The highest BCUT2D eigenvalue weighted by Crippen LogP contribution is 2.49. The van der Waals surface area contributed by atoms with Crippen molar-refractivity contribution in [2.75, 3.05) is 4.90 Å². The number of nitrogens with zero attached hydrogens (tertiary/aromatic N) is 2. The maximum atomic E-state index is 2.66. The van der Waals surface area contributed by atoms with Crippen LogP contribution >= 0.6 is 0 Å². The number of benzene rings is 6. The molecule has 0 saturated heterocycles. The number of aromatic nitrogens is 1. The van der Waals surface area contributed by atoms with E-state index in [0.29, 0.717) is 0 Å². The van der Waals surface area contributed by atoms with E-state index in [9.17, 15) is 0 Å². The molecule has 0 amide bonds. The quantitative estimate of drug-likeness (QED) is 0.167. The average Bonchev–Trinajstić information content (AvgIpc) is 3.61. The Kier molecular flexibility index (Phi) is 6.73. The predicted octanol–water partition coefficient (Wildman–Crippen LogP) is 11.0. The number of anilines is 3. The molecule has 0 fully saturated rings. The van der Waals surface area contributed by atoms with Crippen LogP contribution in [0.1, 0.15) is 79.0 Å². The Hall–Kier alpha value is -5.02. The van der Waals surface area contributed by atoms with E-state index in [1.54, 1.807) is 0 Å². The van der Waals surface area contributed by atoms with Crippen molar-refractivity contribution in [1.29, 1.82) is 0 Å². The van der Waals surface area contributed by atoms with Gasteiger partial charge in [0.1, 0.15) is 0 Å². The molecule has 2 nitrogen and oxygen atoms in total. The van der Waals surface area contributed by atoms with Crippen LogP contribution in [0.25, 0.3) is 38.6 Å². The van der Waals surface area contributed by atoms with E-state index >= 15 is 0 Å². The second-order valence-corrected chi connectivity index (χ2v) is 17.8. The van der Waals surface area contributed by atoms with Gasteiger partial charge in [0, 0.05) is 33.5 Å². The van der Waals surface area contributed by atoms with E-state index in [0.717, 1.165) is 0 Å². The van der Waals surface area contributed by atoms with E-state index in [-0.39, 0.29) is 23.0 Å². The van der Waals surface area contributed by atoms with Gasteiger partial charge in [-0.05, 0) is 85.3 Å². The van der Waals surface area contributed by atoms with Crippen LogP contribution in [0.5, 0.6) is 0 Å². The third kappa shape index (κ3) is 4.63. The lowest BCUT2D eigenvalue weighted by Crippen LogP contribution is -2.55. The molecular formula is C48H47BN2. The molecule has 0 radical (unpaired) electrons. The van der Waals surface area contributed by atoms with Crippen molar-refractivity contribution in [3.63, 3.8) is 0 Å². The van der Waals surface area contributed by atoms with E-state index in [1.807, 2.05) is 0 Å². The summed E-state index contributed by atoms with van der Waals surface area (Å²) in [6.07, 6.45) is 0. The normalized spacial score (nSPS) is 13.9. The number of para-hydroxylation sites is 4. The highest BCUT2D eigenvalue weighted by Gasteiger charge is 2.46. The van der Waals surface area contributed by atoms with Crippen LogP contribution in [0.15, 0.2) is 121 Å². The number of fused-ring (bicyclic) bond motifs is 8. The summed E-state index contributed by atoms with van der Waals surface area (Å²) in [4.78, 5) is 2.66. The molecule has 3 heteroatoms. The molecule has 0 spiro atoms. The Morgan fingerprint density at radius 3 is 1.63 bits per heavy atom. The van der Waals surface area contributed by atoms with Gasteiger partial charge in [-0.1, -0.05) is 159 Å². The van der Waals surface area contributed by atoms with Crippen molar-refractivity contribution in [2.45, 2.75) is 78.6 Å². The summed E-state index contributed by atoms with van der Waals surface area (Å²) >= 11 is 0. The monoisotopic (exact) mass is 662 g/mol.